The molecule has 0 aliphatic rings. The van der Waals surface area contributed by atoms with E-state index in [1.165, 1.54) is 28.8 Å². The zero-order chi connectivity index (χ0) is 22.1. The molecule has 30 heavy (non-hydrogen) atoms. The van der Waals surface area contributed by atoms with Gasteiger partial charge in [0.2, 0.25) is 0 Å². The van der Waals surface area contributed by atoms with Crippen molar-refractivity contribution in [2.24, 2.45) is 0 Å². The lowest BCUT2D eigenvalue weighted by Crippen LogP contribution is -2.38. The maximum absolute atomic E-state index is 12.7. The van der Waals surface area contributed by atoms with Crippen molar-refractivity contribution in [3.63, 3.8) is 0 Å². The van der Waals surface area contributed by atoms with Crippen LogP contribution in [0.3, 0.4) is 0 Å². The molecule has 1 N–H and O–H groups in total. The summed E-state index contributed by atoms with van der Waals surface area (Å²) in [5.41, 5.74) is 2.59. The molecule has 0 bridgehead atoms. The number of carboxylic acid groups (broad SMARTS) is 1. The lowest BCUT2D eigenvalue weighted by atomic mass is 10.0. The molecule has 0 saturated carbocycles. The Morgan fingerprint density at radius 3 is 2.20 bits per heavy atom. The first-order chi connectivity index (χ1) is 14.1. The molecule has 8 heteroatoms. The van der Waals surface area contributed by atoms with E-state index in [-0.39, 0.29) is 12.2 Å². The molecule has 8 nitrogen and oxygen atoms in total. The molecule has 3 aromatic rings. The van der Waals surface area contributed by atoms with E-state index in [1.54, 1.807) is 0 Å². The molecule has 0 aliphatic carbocycles. The Labute approximate surface area is 174 Å². The molecule has 1 aromatic heterocycles. The normalized spacial score (nSPS) is 11.5. The molecule has 2 aromatic carbocycles. The minimum atomic E-state index is -1.34. The van der Waals surface area contributed by atoms with Gasteiger partial charge in [-0.25, -0.2) is 9.59 Å². The predicted molar refractivity (Wildman–Crippen MR) is 112 cm³/mol. The summed E-state index contributed by atoms with van der Waals surface area (Å²) >= 11 is 0. The summed E-state index contributed by atoms with van der Waals surface area (Å²) in [4.78, 5) is 24.1. The fourth-order valence-corrected chi connectivity index (χ4v) is 3.17. The summed E-state index contributed by atoms with van der Waals surface area (Å²) in [6.07, 6.45) is 0.921. The summed E-state index contributed by atoms with van der Waals surface area (Å²) in [5, 5.41) is 17.3. The van der Waals surface area contributed by atoms with Gasteiger partial charge >= 0.3 is 11.7 Å². The van der Waals surface area contributed by atoms with E-state index in [0.717, 1.165) is 23.1 Å². The summed E-state index contributed by atoms with van der Waals surface area (Å²) in [6.45, 7) is 9.02. The number of ether oxygens (including phenoxy) is 1. The number of aromatic nitrogens is 4. The Kier molecular flexibility index (Phi) is 5.78. The van der Waals surface area contributed by atoms with Crippen LogP contribution in [0, 0.1) is 13.8 Å². The molecule has 0 radical (unpaired) electrons. The summed E-state index contributed by atoms with van der Waals surface area (Å²) in [6, 6.07) is 11.4. The average molecular weight is 410 g/mol. The molecule has 0 fully saturated rings. The van der Waals surface area contributed by atoms with Gasteiger partial charge in [-0.2, -0.15) is 9.36 Å². The van der Waals surface area contributed by atoms with Gasteiger partial charge in [0, 0.05) is 0 Å². The Bertz CT molecular complexity index is 1100. The third-order valence-electron chi connectivity index (χ3n) is 4.95. The van der Waals surface area contributed by atoms with Crippen LogP contribution in [-0.2, 0) is 17.8 Å². The molecule has 3 rings (SSSR count). The highest BCUT2D eigenvalue weighted by molar-refractivity contribution is 5.77. The first-order valence-electron chi connectivity index (χ1n) is 9.77. The van der Waals surface area contributed by atoms with Gasteiger partial charge in [-0.1, -0.05) is 31.2 Å². The van der Waals surface area contributed by atoms with Gasteiger partial charge in [0.15, 0.2) is 5.60 Å². The van der Waals surface area contributed by atoms with Crippen LogP contribution in [0.15, 0.2) is 41.2 Å². The lowest BCUT2D eigenvalue weighted by molar-refractivity contribution is -0.152. The van der Waals surface area contributed by atoms with Crippen molar-refractivity contribution in [1.82, 2.24) is 19.8 Å². The maximum atomic E-state index is 12.7. The molecule has 0 unspecified atom stereocenters. The van der Waals surface area contributed by atoms with Gasteiger partial charge in [0.25, 0.3) is 0 Å². The number of carboxylic acids is 1. The molecular formula is C22H26N4O4. The second kappa shape index (κ2) is 8.14. The molecule has 0 atom stereocenters. The molecular weight excluding hydrogens is 384 g/mol. The largest absolute Gasteiger partial charge is 0.478 e. The van der Waals surface area contributed by atoms with E-state index in [0.29, 0.717) is 11.4 Å². The molecule has 0 amide bonds. The zero-order valence-electron chi connectivity index (χ0n) is 17.8. The van der Waals surface area contributed by atoms with Crippen LogP contribution in [0.5, 0.6) is 5.75 Å². The predicted octanol–water partition coefficient (Wildman–Crippen LogP) is 2.90. The first-order valence-corrected chi connectivity index (χ1v) is 9.77. The summed E-state index contributed by atoms with van der Waals surface area (Å²) in [7, 11) is 0. The average Bonchev–Trinajstić information content (AvgIpc) is 3.05. The summed E-state index contributed by atoms with van der Waals surface area (Å²) in [5.74, 6) is -0.515. The van der Waals surface area contributed by atoms with Gasteiger partial charge in [0.1, 0.15) is 5.75 Å². The number of rotatable bonds is 7. The quantitative estimate of drug-likeness (QED) is 0.643. The van der Waals surface area contributed by atoms with Gasteiger partial charge in [-0.05, 0) is 78.9 Å². The van der Waals surface area contributed by atoms with Gasteiger partial charge < -0.3 is 9.84 Å². The van der Waals surface area contributed by atoms with Crippen LogP contribution < -0.4 is 10.4 Å². The van der Waals surface area contributed by atoms with E-state index in [2.05, 4.69) is 17.4 Å². The van der Waals surface area contributed by atoms with E-state index in [9.17, 15) is 14.7 Å². The van der Waals surface area contributed by atoms with Crippen LogP contribution in [-0.4, -0.2) is 36.5 Å². The standard InChI is InChI=1S/C22H26N4O4/c1-6-16-7-9-18(10-8-16)26-21(29)25(23-24-26)13-17-11-14(2)19(15(3)12-17)30-22(4,5)20(27)28/h7-12H,6,13H2,1-5H3,(H,27,28). The minimum Gasteiger partial charge on any atom is -0.478 e. The van der Waals surface area contributed by atoms with Crippen molar-refractivity contribution in [2.45, 2.75) is 53.2 Å². The molecule has 0 spiro atoms. The smallest absolute Gasteiger partial charge is 0.368 e. The van der Waals surface area contributed by atoms with Crippen LogP contribution in [0.1, 0.15) is 43.0 Å². The highest BCUT2D eigenvalue weighted by Crippen LogP contribution is 2.29. The third kappa shape index (κ3) is 4.27. The van der Waals surface area contributed by atoms with Crippen LogP contribution in [0.4, 0.5) is 0 Å². The van der Waals surface area contributed by atoms with Crippen molar-refractivity contribution in [1.29, 1.82) is 0 Å². The van der Waals surface area contributed by atoms with Crippen molar-refractivity contribution in [3.05, 3.63) is 69.1 Å². The van der Waals surface area contributed by atoms with Crippen molar-refractivity contribution < 1.29 is 14.6 Å². The monoisotopic (exact) mass is 410 g/mol. The topological polar surface area (TPSA) is 99.2 Å². The number of aryl methyl sites for hydroxylation is 3. The lowest BCUT2D eigenvalue weighted by Gasteiger charge is -2.24. The van der Waals surface area contributed by atoms with Gasteiger partial charge in [0.05, 0.1) is 12.2 Å². The van der Waals surface area contributed by atoms with Gasteiger partial charge in [-0.15, -0.1) is 0 Å². The fraction of sp³-hybridized carbons (Fsp3) is 0.364. The highest BCUT2D eigenvalue weighted by atomic mass is 16.5. The van der Waals surface area contributed by atoms with Crippen molar-refractivity contribution in [2.75, 3.05) is 0 Å². The second-order valence-corrected chi connectivity index (χ2v) is 7.83. The van der Waals surface area contributed by atoms with E-state index in [4.69, 9.17) is 4.74 Å². The number of carbonyl (C=O) groups is 1. The number of benzene rings is 2. The van der Waals surface area contributed by atoms with Crippen LogP contribution in [0.25, 0.3) is 5.69 Å². The van der Waals surface area contributed by atoms with Gasteiger partial charge in [-0.3, -0.25) is 0 Å². The highest BCUT2D eigenvalue weighted by Gasteiger charge is 2.30. The minimum absolute atomic E-state index is 0.246. The zero-order valence-corrected chi connectivity index (χ0v) is 17.8. The number of tetrazole rings is 1. The third-order valence-corrected chi connectivity index (χ3v) is 4.95. The van der Waals surface area contributed by atoms with Crippen molar-refractivity contribution in [3.8, 4) is 11.4 Å². The SMILES string of the molecule is CCc1ccc(-n2nnn(Cc3cc(C)c(OC(C)(C)C(=O)O)c(C)c3)c2=O)cc1. The fourth-order valence-electron chi connectivity index (χ4n) is 3.17. The number of aliphatic carboxylic acids is 1. The van der Waals surface area contributed by atoms with Crippen LogP contribution >= 0.6 is 0 Å². The maximum Gasteiger partial charge on any atom is 0.368 e. The Hall–Kier alpha value is -3.42. The molecule has 1 heterocycles. The number of hydrogen-bond donors (Lipinski definition) is 1. The Morgan fingerprint density at radius 1 is 1.07 bits per heavy atom. The summed E-state index contributed by atoms with van der Waals surface area (Å²) < 4.78 is 8.30. The number of hydrogen-bond acceptors (Lipinski definition) is 5. The van der Waals surface area contributed by atoms with E-state index < -0.39 is 11.6 Å². The molecule has 0 saturated heterocycles. The molecule has 0 aliphatic heterocycles. The first kappa shape index (κ1) is 21.3. The van der Waals surface area contributed by atoms with Crippen LogP contribution in [0.2, 0.25) is 0 Å². The molecule has 158 valence electrons. The Morgan fingerprint density at radius 2 is 1.67 bits per heavy atom. The number of nitrogens with zero attached hydrogens (tertiary/aromatic N) is 4. The van der Waals surface area contributed by atoms with E-state index >= 15 is 0 Å². The van der Waals surface area contributed by atoms with Crippen molar-refractivity contribution >= 4 is 5.97 Å². The van der Waals surface area contributed by atoms with E-state index in [1.807, 2.05) is 50.2 Å². The Balaban J connectivity index is 1.86. The second-order valence-electron chi connectivity index (χ2n) is 7.83.